The normalized spacial score (nSPS) is 19.7. The quantitative estimate of drug-likeness (QED) is 0.574. The van der Waals surface area contributed by atoms with E-state index in [0.717, 1.165) is 24.2 Å². The number of carbonyl (C=O) groups is 1. The lowest BCUT2D eigenvalue weighted by Crippen LogP contribution is -2.37. The number of nitrogens with zero attached hydrogens (tertiary/aromatic N) is 3. The van der Waals surface area contributed by atoms with Crippen LogP contribution in [0.4, 0.5) is 0 Å². The zero-order valence-electron chi connectivity index (χ0n) is 19.1. The van der Waals surface area contributed by atoms with Crippen molar-refractivity contribution in [3.05, 3.63) is 65.5 Å². The summed E-state index contributed by atoms with van der Waals surface area (Å²) < 4.78 is 17.3. The number of carbonyl (C=O) groups excluding carboxylic acids is 1. The first-order chi connectivity index (χ1) is 16.1. The van der Waals surface area contributed by atoms with Crippen LogP contribution in [-0.4, -0.2) is 53.9 Å². The van der Waals surface area contributed by atoms with Crippen LogP contribution in [0.5, 0.6) is 5.75 Å². The average molecular weight is 448 g/mol. The van der Waals surface area contributed by atoms with E-state index < -0.39 is 0 Å². The molecular formula is C26H29N3O4. The molecule has 2 aliphatic heterocycles. The smallest absolute Gasteiger partial charge is 0.253 e. The molecule has 0 saturated carbocycles. The van der Waals surface area contributed by atoms with E-state index in [9.17, 15) is 4.79 Å². The molecule has 172 valence electrons. The Morgan fingerprint density at radius 1 is 1.09 bits per heavy atom. The van der Waals surface area contributed by atoms with Crippen molar-refractivity contribution in [1.29, 1.82) is 0 Å². The van der Waals surface area contributed by atoms with E-state index in [1.807, 2.05) is 67.3 Å². The monoisotopic (exact) mass is 447 g/mol. The fourth-order valence-electron chi connectivity index (χ4n) is 4.98. The lowest BCUT2D eigenvalue weighted by Gasteiger charge is -2.36. The van der Waals surface area contributed by atoms with E-state index in [0.29, 0.717) is 50.3 Å². The molecule has 1 spiro atoms. The fourth-order valence-corrected chi connectivity index (χ4v) is 4.98. The summed E-state index contributed by atoms with van der Waals surface area (Å²) in [5.74, 6) is 1.89. The van der Waals surface area contributed by atoms with Gasteiger partial charge in [-0.15, -0.1) is 10.2 Å². The third kappa shape index (κ3) is 4.25. The summed E-state index contributed by atoms with van der Waals surface area (Å²) in [7, 11) is 0. The summed E-state index contributed by atoms with van der Waals surface area (Å²) in [6.07, 6.45) is 1.74. The molecule has 7 nitrogen and oxygen atoms in total. The highest BCUT2D eigenvalue weighted by Gasteiger charge is 2.51. The number of hydrogen-bond donors (Lipinski definition) is 0. The van der Waals surface area contributed by atoms with Crippen molar-refractivity contribution in [3.8, 4) is 17.2 Å². The minimum atomic E-state index is -0.115. The van der Waals surface area contributed by atoms with E-state index in [1.165, 1.54) is 5.56 Å². The number of aromatic nitrogens is 2. The second kappa shape index (κ2) is 8.98. The van der Waals surface area contributed by atoms with Gasteiger partial charge >= 0.3 is 0 Å². The van der Waals surface area contributed by atoms with Crippen LogP contribution < -0.4 is 4.74 Å². The first-order valence-corrected chi connectivity index (χ1v) is 11.6. The molecule has 0 aliphatic carbocycles. The lowest BCUT2D eigenvalue weighted by molar-refractivity contribution is 0.00908. The van der Waals surface area contributed by atoms with Gasteiger partial charge in [-0.2, -0.15) is 0 Å². The minimum Gasteiger partial charge on any atom is -0.494 e. The Labute approximate surface area is 193 Å². The van der Waals surface area contributed by atoms with E-state index in [-0.39, 0.29) is 17.2 Å². The molecule has 2 aliphatic rings. The second-order valence-corrected chi connectivity index (χ2v) is 8.98. The van der Waals surface area contributed by atoms with Gasteiger partial charge in [0.25, 0.3) is 5.91 Å². The molecular weight excluding hydrogens is 418 g/mol. The summed E-state index contributed by atoms with van der Waals surface area (Å²) in [4.78, 5) is 15.3. The van der Waals surface area contributed by atoms with E-state index in [2.05, 4.69) is 10.2 Å². The Kier molecular flexibility index (Phi) is 5.89. The number of rotatable bonds is 5. The molecule has 2 aromatic carbocycles. The Hall–Kier alpha value is -3.19. The molecule has 7 heteroatoms. The van der Waals surface area contributed by atoms with Crippen LogP contribution in [0.1, 0.15) is 47.5 Å². The van der Waals surface area contributed by atoms with Crippen molar-refractivity contribution < 1.29 is 18.7 Å². The Morgan fingerprint density at radius 2 is 1.82 bits per heavy atom. The molecule has 1 atom stereocenters. The molecule has 0 bridgehead atoms. The topological polar surface area (TPSA) is 77.7 Å². The van der Waals surface area contributed by atoms with E-state index >= 15 is 0 Å². The largest absolute Gasteiger partial charge is 0.494 e. The lowest BCUT2D eigenvalue weighted by atomic mass is 9.72. The van der Waals surface area contributed by atoms with Gasteiger partial charge < -0.3 is 18.8 Å². The summed E-state index contributed by atoms with van der Waals surface area (Å²) in [5.41, 5.74) is 2.63. The fraction of sp³-hybridized carbons (Fsp3) is 0.423. The van der Waals surface area contributed by atoms with Crippen LogP contribution in [0.2, 0.25) is 0 Å². The van der Waals surface area contributed by atoms with Crippen molar-refractivity contribution in [2.24, 2.45) is 5.41 Å². The predicted octanol–water partition coefficient (Wildman–Crippen LogP) is 4.48. The van der Waals surface area contributed by atoms with Crippen molar-refractivity contribution in [1.82, 2.24) is 15.1 Å². The number of ether oxygens (including phenoxy) is 2. The van der Waals surface area contributed by atoms with Crippen LogP contribution in [0, 0.1) is 12.3 Å². The molecule has 1 amide bonds. The molecule has 2 saturated heterocycles. The van der Waals surface area contributed by atoms with Gasteiger partial charge in [-0.25, -0.2) is 0 Å². The average Bonchev–Trinajstić information content (AvgIpc) is 3.46. The van der Waals surface area contributed by atoms with E-state index in [4.69, 9.17) is 13.9 Å². The van der Waals surface area contributed by atoms with Gasteiger partial charge in [0, 0.05) is 42.8 Å². The molecule has 2 fully saturated rings. The number of hydrogen-bond acceptors (Lipinski definition) is 6. The zero-order chi connectivity index (χ0) is 22.8. The number of benzene rings is 2. The van der Waals surface area contributed by atoms with Gasteiger partial charge in [-0.1, -0.05) is 17.7 Å². The number of amides is 1. The zero-order valence-corrected chi connectivity index (χ0v) is 19.1. The maximum absolute atomic E-state index is 13.4. The number of aryl methyl sites for hydroxylation is 1. The highest BCUT2D eigenvalue weighted by atomic mass is 16.5. The summed E-state index contributed by atoms with van der Waals surface area (Å²) >= 11 is 0. The Morgan fingerprint density at radius 3 is 2.52 bits per heavy atom. The van der Waals surface area contributed by atoms with Gasteiger partial charge in [0.05, 0.1) is 12.5 Å². The maximum atomic E-state index is 13.4. The predicted molar refractivity (Wildman–Crippen MR) is 123 cm³/mol. The summed E-state index contributed by atoms with van der Waals surface area (Å²) in [6, 6.07) is 15.4. The van der Waals surface area contributed by atoms with Crippen LogP contribution in [0.25, 0.3) is 11.5 Å². The second-order valence-electron chi connectivity index (χ2n) is 8.98. The standard InChI is InChI=1S/C26H29N3O4/c1-3-32-21-10-8-20(9-11-21)25(30)29-16-22(26(17-29)12-14-31-15-13-26)24-28-27-23(33-24)19-6-4-18(2)5-7-19/h4-11,22H,3,12-17H2,1-2H3. The highest BCUT2D eigenvalue weighted by molar-refractivity contribution is 5.94. The van der Waals surface area contributed by atoms with Gasteiger partial charge in [0.1, 0.15) is 5.75 Å². The van der Waals surface area contributed by atoms with Crippen LogP contribution in [0.3, 0.4) is 0 Å². The SMILES string of the molecule is CCOc1ccc(C(=O)N2CC(c3nnc(-c4ccc(C)cc4)o3)C3(CCOCC3)C2)cc1. The Balaban J connectivity index is 1.40. The minimum absolute atomic E-state index is 0.0141. The Bertz CT molecular complexity index is 1100. The molecule has 33 heavy (non-hydrogen) atoms. The van der Waals surface area contributed by atoms with Gasteiger partial charge in [0.2, 0.25) is 11.8 Å². The highest BCUT2D eigenvalue weighted by Crippen LogP contribution is 2.49. The van der Waals surface area contributed by atoms with Crippen molar-refractivity contribution in [2.45, 2.75) is 32.6 Å². The maximum Gasteiger partial charge on any atom is 0.253 e. The molecule has 5 rings (SSSR count). The molecule has 1 unspecified atom stereocenters. The van der Waals surface area contributed by atoms with Gasteiger partial charge in [0.15, 0.2) is 0 Å². The summed E-state index contributed by atoms with van der Waals surface area (Å²) in [6.45, 7) is 7.17. The molecule has 3 aromatic rings. The number of likely N-dealkylation sites (tertiary alicyclic amines) is 1. The molecule has 0 radical (unpaired) electrons. The van der Waals surface area contributed by atoms with Crippen molar-refractivity contribution in [2.75, 3.05) is 32.9 Å². The summed E-state index contributed by atoms with van der Waals surface area (Å²) in [5, 5.41) is 8.76. The van der Waals surface area contributed by atoms with Gasteiger partial charge in [-0.05, 0) is 63.1 Å². The molecule has 3 heterocycles. The third-order valence-corrected chi connectivity index (χ3v) is 6.87. The van der Waals surface area contributed by atoms with Gasteiger partial charge in [-0.3, -0.25) is 4.79 Å². The first-order valence-electron chi connectivity index (χ1n) is 11.6. The molecule has 1 aromatic heterocycles. The first kappa shape index (κ1) is 21.6. The van der Waals surface area contributed by atoms with Crippen LogP contribution in [0.15, 0.2) is 52.9 Å². The van der Waals surface area contributed by atoms with Crippen LogP contribution >= 0.6 is 0 Å². The van der Waals surface area contributed by atoms with Crippen LogP contribution in [-0.2, 0) is 4.74 Å². The van der Waals surface area contributed by atoms with Crippen molar-refractivity contribution >= 4 is 5.91 Å². The van der Waals surface area contributed by atoms with E-state index in [1.54, 1.807) is 0 Å². The third-order valence-electron chi connectivity index (χ3n) is 6.87. The molecule has 0 N–H and O–H groups in total. The van der Waals surface area contributed by atoms with Crippen molar-refractivity contribution in [3.63, 3.8) is 0 Å².